The van der Waals surface area contributed by atoms with E-state index in [1.807, 2.05) is 28.1 Å². The molecule has 2 aromatic heterocycles. The van der Waals surface area contributed by atoms with Gasteiger partial charge >= 0.3 is 0 Å². The molecule has 6 nitrogen and oxygen atoms in total. The molecule has 3 heterocycles. The van der Waals surface area contributed by atoms with E-state index in [0.29, 0.717) is 24.3 Å². The highest BCUT2D eigenvalue weighted by Gasteiger charge is 2.17. The summed E-state index contributed by atoms with van der Waals surface area (Å²) in [6.07, 6.45) is 2.89. The highest BCUT2D eigenvalue weighted by Crippen LogP contribution is 2.23. The standard InChI is InChI=1S/C23H29N5OS2/c1-17-8-11-27(12-9-17)16-19-6-3-2-5-18(19)15-24-21(29)10-13-28-22(25-26-23(28)30)20-7-4-14-31-20/h2-7,14,17H,8-13,15-16H2,1H3,(H,24,29)(H,26,30). The molecule has 1 amide bonds. The molecule has 1 aliphatic heterocycles. The Bertz CT molecular complexity index is 1050. The van der Waals surface area contributed by atoms with E-state index < -0.39 is 0 Å². The van der Waals surface area contributed by atoms with Gasteiger partial charge in [0.05, 0.1) is 4.88 Å². The fourth-order valence-corrected chi connectivity index (χ4v) is 4.91. The zero-order valence-corrected chi connectivity index (χ0v) is 19.5. The summed E-state index contributed by atoms with van der Waals surface area (Å²) in [5.41, 5.74) is 2.49. The molecule has 0 unspecified atom stereocenters. The zero-order chi connectivity index (χ0) is 21.6. The van der Waals surface area contributed by atoms with Crippen molar-refractivity contribution >= 4 is 29.5 Å². The summed E-state index contributed by atoms with van der Waals surface area (Å²) >= 11 is 6.96. The molecular weight excluding hydrogens is 426 g/mol. The summed E-state index contributed by atoms with van der Waals surface area (Å²) in [7, 11) is 0. The van der Waals surface area contributed by atoms with Crippen LogP contribution in [0.1, 0.15) is 37.3 Å². The summed E-state index contributed by atoms with van der Waals surface area (Å²) in [6, 6.07) is 12.4. The van der Waals surface area contributed by atoms with Crippen LogP contribution in [0.3, 0.4) is 0 Å². The molecule has 4 rings (SSSR count). The number of aromatic nitrogens is 3. The van der Waals surface area contributed by atoms with Crippen LogP contribution in [0.5, 0.6) is 0 Å². The number of H-pyrrole nitrogens is 1. The molecule has 0 bridgehead atoms. The molecular formula is C23H29N5OS2. The van der Waals surface area contributed by atoms with Gasteiger partial charge in [0.15, 0.2) is 10.6 Å². The number of aromatic amines is 1. The van der Waals surface area contributed by atoms with E-state index in [9.17, 15) is 4.79 Å². The second kappa shape index (κ2) is 10.3. The van der Waals surface area contributed by atoms with Crippen molar-refractivity contribution in [3.05, 3.63) is 57.7 Å². The third kappa shape index (κ3) is 5.70. The maximum absolute atomic E-state index is 12.6. The van der Waals surface area contributed by atoms with Crippen LogP contribution in [0, 0.1) is 10.7 Å². The van der Waals surface area contributed by atoms with Crippen molar-refractivity contribution in [2.24, 2.45) is 5.92 Å². The van der Waals surface area contributed by atoms with Gasteiger partial charge < -0.3 is 5.32 Å². The maximum atomic E-state index is 12.6. The summed E-state index contributed by atoms with van der Waals surface area (Å²) in [4.78, 5) is 16.1. The highest BCUT2D eigenvalue weighted by molar-refractivity contribution is 7.71. The first-order chi connectivity index (χ1) is 15.1. The minimum absolute atomic E-state index is 0.0156. The smallest absolute Gasteiger partial charge is 0.222 e. The number of nitrogens with zero attached hydrogens (tertiary/aromatic N) is 3. The van der Waals surface area contributed by atoms with Crippen molar-refractivity contribution in [1.29, 1.82) is 0 Å². The second-order valence-corrected chi connectivity index (χ2v) is 9.57. The number of thiophene rings is 1. The molecule has 1 aliphatic rings. The first-order valence-corrected chi connectivity index (χ1v) is 12.1. The molecule has 1 fully saturated rings. The van der Waals surface area contributed by atoms with Gasteiger partial charge in [0.25, 0.3) is 0 Å². The van der Waals surface area contributed by atoms with Crippen molar-refractivity contribution < 1.29 is 4.79 Å². The van der Waals surface area contributed by atoms with E-state index >= 15 is 0 Å². The van der Waals surface area contributed by atoms with E-state index in [2.05, 4.69) is 45.5 Å². The Balaban J connectivity index is 1.32. The number of nitrogens with one attached hydrogen (secondary N) is 2. The average Bonchev–Trinajstić information content (AvgIpc) is 3.43. The van der Waals surface area contributed by atoms with Gasteiger partial charge in [-0.25, -0.2) is 0 Å². The second-order valence-electron chi connectivity index (χ2n) is 8.24. The van der Waals surface area contributed by atoms with Gasteiger partial charge in [-0.3, -0.25) is 19.4 Å². The lowest BCUT2D eigenvalue weighted by atomic mass is 9.98. The molecule has 3 aromatic rings. The number of rotatable bonds is 8. The Hall–Kier alpha value is -2.29. The first kappa shape index (κ1) is 21.9. The van der Waals surface area contributed by atoms with Gasteiger partial charge in [0.2, 0.25) is 5.91 Å². The summed E-state index contributed by atoms with van der Waals surface area (Å²) in [5, 5.41) is 12.3. The Kier molecular flexibility index (Phi) is 7.32. The third-order valence-corrected chi connectivity index (χ3v) is 7.10. The van der Waals surface area contributed by atoms with Crippen molar-refractivity contribution in [3.63, 3.8) is 0 Å². The number of piperidine rings is 1. The van der Waals surface area contributed by atoms with Crippen LogP contribution >= 0.6 is 23.6 Å². The molecule has 1 aromatic carbocycles. The van der Waals surface area contributed by atoms with Crippen LogP contribution in [0.25, 0.3) is 10.7 Å². The van der Waals surface area contributed by atoms with E-state index in [1.54, 1.807) is 11.3 Å². The van der Waals surface area contributed by atoms with Gasteiger partial charge in [-0.2, -0.15) is 5.10 Å². The van der Waals surface area contributed by atoms with Gasteiger partial charge in [0.1, 0.15) is 0 Å². The first-order valence-electron chi connectivity index (χ1n) is 10.8. The van der Waals surface area contributed by atoms with Crippen molar-refractivity contribution in [2.75, 3.05) is 13.1 Å². The van der Waals surface area contributed by atoms with Crippen LogP contribution in [-0.4, -0.2) is 38.7 Å². The summed E-state index contributed by atoms with van der Waals surface area (Å²) < 4.78 is 2.43. The van der Waals surface area contributed by atoms with Gasteiger partial charge in [0, 0.05) is 26.1 Å². The topological polar surface area (TPSA) is 66.0 Å². The Morgan fingerprint density at radius 1 is 1.23 bits per heavy atom. The van der Waals surface area contributed by atoms with E-state index in [1.165, 1.54) is 24.0 Å². The highest BCUT2D eigenvalue weighted by atomic mass is 32.1. The predicted octanol–water partition coefficient (Wildman–Crippen LogP) is 4.61. The van der Waals surface area contributed by atoms with E-state index in [-0.39, 0.29) is 5.91 Å². The SMILES string of the molecule is CC1CCN(Cc2ccccc2CNC(=O)CCn2c(-c3cccs3)n[nH]c2=S)CC1. The van der Waals surface area contributed by atoms with Crippen LogP contribution in [0.15, 0.2) is 41.8 Å². The lowest BCUT2D eigenvalue weighted by Crippen LogP contribution is -2.33. The van der Waals surface area contributed by atoms with Crippen molar-refractivity contribution in [2.45, 2.75) is 45.8 Å². The largest absolute Gasteiger partial charge is 0.352 e. The molecule has 31 heavy (non-hydrogen) atoms. The van der Waals surface area contributed by atoms with E-state index in [4.69, 9.17) is 12.2 Å². The molecule has 0 aliphatic carbocycles. The monoisotopic (exact) mass is 455 g/mol. The number of likely N-dealkylation sites (tertiary alicyclic amines) is 1. The minimum atomic E-state index is 0.0156. The Morgan fingerprint density at radius 2 is 2.00 bits per heavy atom. The molecule has 164 valence electrons. The van der Waals surface area contributed by atoms with Crippen molar-refractivity contribution in [3.8, 4) is 10.7 Å². The number of hydrogen-bond acceptors (Lipinski definition) is 5. The molecule has 0 spiro atoms. The number of carbonyl (C=O) groups excluding carboxylic acids is 1. The van der Waals surface area contributed by atoms with Gasteiger partial charge in [-0.05, 0) is 66.6 Å². The fourth-order valence-electron chi connectivity index (χ4n) is 3.96. The van der Waals surface area contributed by atoms with Crippen LogP contribution in [-0.2, 0) is 24.4 Å². The van der Waals surface area contributed by atoms with Gasteiger partial charge in [-0.1, -0.05) is 37.3 Å². The predicted molar refractivity (Wildman–Crippen MR) is 127 cm³/mol. The quantitative estimate of drug-likeness (QED) is 0.487. The Morgan fingerprint density at radius 3 is 2.74 bits per heavy atom. The number of amides is 1. The fraction of sp³-hybridized carbons (Fsp3) is 0.435. The summed E-state index contributed by atoms with van der Waals surface area (Å²) in [5.74, 6) is 1.63. The Labute approximate surface area is 192 Å². The van der Waals surface area contributed by atoms with Crippen LogP contribution in [0.4, 0.5) is 0 Å². The maximum Gasteiger partial charge on any atom is 0.222 e. The lowest BCUT2D eigenvalue weighted by molar-refractivity contribution is -0.121. The molecule has 1 saturated heterocycles. The minimum Gasteiger partial charge on any atom is -0.352 e. The van der Waals surface area contributed by atoms with Crippen LogP contribution < -0.4 is 5.32 Å². The number of carbonyl (C=O) groups is 1. The average molecular weight is 456 g/mol. The van der Waals surface area contributed by atoms with E-state index in [0.717, 1.165) is 36.3 Å². The number of hydrogen-bond donors (Lipinski definition) is 2. The molecule has 0 radical (unpaired) electrons. The molecule has 0 atom stereocenters. The van der Waals surface area contributed by atoms with Gasteiger partial charge in [-0.15, -0.1) is 11.3 Å². The molecule has 8 heteroatoms. The third-order valence-electron chi connectivity index (χ3n) is 5.93. The zero-order valence-electron chi connectivity index (χ0n) is 17.8. The lowest BCUT2D eigenvalue weighted by Gasteiger charge is -2.30. The number of benzene rings is 1. The van der Waals surface area contributed by atoms with Crippen molar-refractivity contribution in [1.82, 2.24) is 25.0 Å². The van der Waals surface area contributed by atoms with Crippen LogP contribution in [0.2, 0.25) is 0 Å². The molecule has 0 saturated carbocycles. The molecule has 2 N–H and O–H groups in total. The summed E-state index contributed by atoms with van der Waals surface area (Å²) in [6.45, 7) is 6.64. The normalized spacial score (nSPS) is 15.3.